The SMILES string of the molecule is CCC(C)C(C)N(CC1CCCCN1)C(C)C. The van der Waals surface area contributed by atoms with E-state index in [1.54, 1.807) is 0 Å². The lowest BCUT2D eigenvalue weighted by Gasteiger charge is -2.39. The van der Waals surface area contributed by atoms with E-state index in [2.05, 4.69) is 44.8 Å². The summed E-state index contributed by atoms with van der Waals surface area (Å²) in [6.45, 7) is 14.2. The molecular weight excluding hydrogens is 208 g/mol. The minimum atomic E-state index is 0.655. The minimum absolute atomic E-state index is 0.655. The standard InChI is InChI=1S/C15H32N2/c1-6-13(4)14(5)17(12(2)3)11-15-9-7-8-10-16-15/h12-16H,6-11H2,1-5H3. The van der Waals surface area contributed by atoms with E-state index in [0.717, 1.165) is 12.0 Å². The number of nitrogens with zero attached hydrogens (tertiary/aromatic N) is 1. The molecule has 1 aliphatic rings. The maximum atomic E-state index is 3.67. The Labute approximate surface area is 108 Å². The summed E-state index contributed by atoms with van der Waals surface area (Å²) >= 11 is 0. The van der Waals surface area contributed by atoms with E-state index in [1.165, 1.54) is 38.8 Å². The molecular formula is C15H32N2. The van der Waals surface area contributed by atoms with Gasteiger partial charge >= 0.3 is 0 Å². The molecule has 1 aliphatic heterocycles. The van der Waals surface area contributed by atoms with Crippen molar-refractivity contribution in [2.45, 2.75) is 78.4 Å². The van der Waals surface area contributed by atoms with Gasteiger partial charge in [-0.3, -0.25) is 4.90 Å². The summed E-state index contributed by atoms with van der Waals surface area (Å²) in [5.74, 6) is 0.793. The lowest BCUT2D eigenvalue weighted by Crippen LogP contribution is -2.50. The van der Waals surface area contributed by atoms with Gasteiger partial charge < -0.3 is 5.32 Å². The Morgan fingerprint density at radius 1 is 1.18 bits per heavy atom. The second kappa shape index (κ2) is 7.38. The molecule has 0 spiro atoms. The molecule has 0 aliphatic carbocycles. The van der Waals surface area contributed by atoms with Gasteiger partial charge in [-0.15, -0.1) is 0 Å². The van der Waals surface area contributed by atoms with Crippen LogP contribution in [-0.4, -0.2) is 36.1 Å². The Balaban J connectivity index is 2.52. The molecule has 3 unspecified atom stereocenters. The summed E-state index contributed by atoms with van der Waals surface area (Å²) in [6.07, 6.45) is 5.40. The number of nitrogens with one attached hydrogen (secondary N) is 1. The molecule has 0 aromatic rings. The van der Waals surface area contributed by atoms with E-state index in [9.17, 15) is 0 Å². The van der Waals surface area contributed by atoms with Crippen molar-refractivity contribution in [3.8, 4) is 0 Å². The van der Waals surface area contributed by atoms with Crippen LogP contribution in [0.3, 0.4) is 0 Å². The highest BCUT2D eigenvalue weighted by molar-refractivity contribution is 4.82. The summed E-state index contributed by atoms with van der Waals surface area (Å²) in [7, 11) is 0. The van der Waals surface area contributed by atoms with Crippen LogP contribution in [0.15, 0.2) is 0 Å². The average Bonchev–Trinajstić information content (AvgIpc) is 2.35. The number of hydrogen-bond acceptors (Lipinski definition) is 2. The minimum Gasteiger partial charge on any atom is -0.313 e. The van der Waals surface area contributed by atoms with Crippen LogP contribution in [0.5, 0.6) is 0 Å². The highest BCUT2D eigenvalue weighted by Gasteiger charge is 2.25. The quantitative estimate of drug-likeness (QED) is 0.766. The molecule has 1 rings (SSSR count). The monoisotopic (exact) mass is 240 g/mol. The molecule has 1 heterocycles. The predicted molar refractivity (Wildman–Crippen MR) is 76.4 cm³/mol. The van der Waals surface area contributed by atoms with Crippen LogP contribution >= 0.6 is 0 Å². The first kappa shape index (κ1) is 15.0. The second-order valence-corrected chi connectivity index (χ2v) is 6.06. The molecule has 0 aromatic carbocycles. The lowest BCUT2D eigenvalue weighted by atomic mass is 9.96. The van der Waals surface area contributed by atoms with E-state index in [1.807, 2.05) is 0 Å². The van der Waals surface area contributed by atoms with E-state index < -0.39 is 0 Å². The Morgan fingerprint density at radius 3 is 2.35 bits per heavy atom. The first-order valence-electron chi connectivity index (χ1n) is 7.55. The molecule has 0 radical (unpaired) electrons. The van der Waals surface area contributed by atoms with Crippen LogP contribution < -0.4 is 5.32 Å². The van der Waals surface area contributed by atoms with Gasteiger partial charge in [-0.2, -0.15) is 0 Å². The summed E-state index contributed by atoms with van der Waals surface area (Å²) < 4.78 is 0. The maximum absolute atomic E-state index is 3.67. The van der Waals surface area contributed by atoms with E-state index in [4.69, 9.17) is 0 Å². The normalized spacial score (nSPS) is 25.2. The first-order chi connectivity index (χ1) is 8.06. The molecule has 3 atom stereocenters. The summed E-state index contributed by atoms with van der Waals surface area (Å²) in [5, 5.41) is 3.67. The largest absolute Gasteiger partial charge is 0.313 e. The molecule has 2 nitrogen and oxygen atoms in total. The Kier molecular flexibility index (Phi) is 6.50. The summed E-state index contributed by atoms with van der Waals surface area (Å²) in [4.78, 5) is 2.69. The molecule has 1 fully saturated rings. The Hall–Kier alpha value is -0.0800. The average molecular weight is 240 g/mol. The molecule has 1 saturated heterocycles. The zero-order chi connectivity index (χ0) is 12.8. The van der Waals surface area contributed by atoms with Gasteiger partial charge in [-0.1, -0.05) is 26.7 Å². The highest BCUT2D eigenvalue weighted by Crippen LogP contribution is 2.19. The topological polar surface area (TPSA) is 15.3 Å². The first-order valence-corrected chi connectivity index (χ1v) is 7.55. The van der Waals surface area contributed by atoms with Crippen LogP contribution in [0.4, 0.5) is 0 Å². The van der Waals surface area contributed by atoms with Crippen molar-refractivity contribution in [3.05, 3.63) is 0 Å². The lowest BCUT2D eigenvalue weighted by molar-refractivity contribution is 0.103. The van der Waals surface area contributed by atoms with Crippen LogP contribution in [0.2, 0.25) is 0 Å². The smallest absolute Gasteiger partial charge is 0.0195 e. The van der Waals surface area contributed by atoms with Crippen molar-refractivity contribution >= 4 is 0 Å². The van der Waals surface area contributed by atoms with Gasteiger partial charge in [0.25, 0.3) is 0 Å². The maximum Gasteiger partial charge on any atom is 0.0195 e. The van der Waals surface area contributed by atoms with Crippen LogP contribution in [-0.2, 0) is 0 Å². The molecule has 0 saturated carbocycles. The molecule has 102 valence electrons. The molecule has 0 aromatic heterocycles. The fraction of sp³-hybridized carbons (Fsp3) is 1.00. The highest BCUT2D eigenvalue weighted by atomic mass is 15.2. The fourth-order valence-corrected chi connectivity index (χ4v) is 2.85. The van der Waals surface area contributed by atoms with E-state index >= 15 is 0 Å². The van der Waals surface area contributed by atoms with Crippen molar-refractivity contribution in [1.82, 2.24) is 10.2 Å². The van der Waals surface area contributed by atoms with E-state index in [0.29, 0.717) is 12.1 Å². The van der Waals surface area contributed by atoms with Gasteiger partial charge in [0.15, 0.2) is 0 Å². The summed E-state index contributed by atoms with van der Waals surface area (Å²) in [6, 6.07) is 2.07. The Morgan fingerprint density at radius 2 is 1.88 bits per heavy atom. The third-order valence-corrected chi connectivity index (χ3v) is 4.50. The van der Waals surface area contributed by atoms with Crippen molar-refractivity contribution < 1.29 is 0 Å². The van der Waals surface area contributed by atoms with Crippen molar-refractivity contribution in [1.29, 1.82) is 0 Å². The Bertz CT molecular complexity index is 197. The van der Waals surface area contributed by atoms with Gasteiger partial charge in [-0.25, -0.2) is 0 Å². The van der Waals surface area contributed by atoms with Crippen molar-refractivity contribution in [3.63, 3.8) is 0 Å². The van der Waals surface area contributed by atoms with Gasteiger partial charge in [0.1, 0.15) is 0 Å². The van der Waals surface area contributed by atoms with Crippen LogP contribution in [0.25, 0.3) is 0 Å². The molecule has 2 heteroatoms. The van der Waals surface area contributed by atoms with Crippen LogP contribution in [0, 0.1) is 5.92 Å². The third kappa shape index (κ3) is 4.59. The van der Waals surface area contributed by atoms with Gasteiger partial charge in [0, 0.05) is 24.7 Å². The molecule has 1 N–H and O–H groups in total. The predicted octanol–water partition coefficient (Wildman–Crippen LogP) is 3.27. The number of hydrogen-bond donors (Lipinski definition) is 1. The van der Waals surface area contributed by atoms with E-state index in [-0.39, 0.29) is 0 Å². The second-order valence-electron chi connectivity index (χ2n) is 6.06. The summed E-state index contributed by atoms with van der Waals surface area (Å²) in [5.41, 5.74) is 0. The zero-order valence-electron chi connectivity index (χ0n) is 12.5. The molecule has 0 bridgehead atoms. The molecule has 17 heavy (non-hydrogen) atoms. The van der Waals surface area contributed by atoms with Gasteiger partial charge in [0.05, 0.1) is 0 Å². The van der Waals surface area contributed by atoms with Crippen molar-refractivity contribution in [2.24, 2.45) is 5.92 Å². The third-order valence-electron chi connectivity index (χ3n) is 4.50. The van der Waals surface area contributed by atoms with Gasteiger partial charge in [0.2, 0.25) is 0 Å². The molecule has 0 amide bonds. The van der Waals surface area contributed by atoms with Crippen LogP contribution in [0.1, 0.15) is 60.3 Å². The van der Waals surface area contributed by atoms with Gasteiger partial charge in [-0.05, 0) is 46.1 Å². The zero-order valence-corrected chi connectivity index (χ0v) is 12.5. The number of rotatable bonds is 6. The fourth-order valence-electron chi connectivity index (χ4n) is 2.85. The number of piperidine rings is 1. The van der Waals surface area contributed by atoms with Crippen molar-refractivity contribution in [2.75, 3.05) is 13.1 Å².